The first-order chi connectivity index (χ1) is 13.8. The Hall–Kier alpha value is -1.95. The number of aromatic nitrogens is 2. The van der Waals surface area contributed by atoms with Crippen LogP contribution in [0.25, 0.3) is 6.08 Å². The molecule has 0 radical (unpaired) electrons. The Morgan fingerprint density at radius 3 is 2.54 bits per heavy atom. The molecule has 5 heteroatoms. The second kappa shape index (κ2) is 9.03. The minimum absolute atomic E-state index is 0.303. The zero-order valence-electron chi connectivity index (χ0n) is 16.6. The number of hydrogen-bond donors (Lipinski definition) is 2. The van der Waals surface area contributed by atoms with Gasteiger partial charge in [0.05, 0.1) is 6.54 Å². The molecule has 0 saturated carbocycles. The van der Waals surface area contributed by atoms with Crippen molar-refractivity contribution in [3.63, 3.8) is 0 Å². The molecule has 28 heavy (non-hydrogen) atoms. The van der Waals surface area contributed by atoms with Crippen LogP contribution in [0.3, 0.4) is 0 Å². The van der Waals surface area contributed by atoms with E-state index in [4.69, 9.17) is 0 Å². The summed E-state index contributed by atoms with van der Waals surface area (Å²) in [4.78, 5) is 12.6. The molecule has 2 aliphatic heterocycles. The molecular formula is C23H32N4O. The monoisotopic (exact) mass is 380 g/mol. The highest BCUT2D eigenvalue weighted by molar-refractivity contribution is 5.48. The summed E-state index contributed by atoms with van der Waals surface area (Å²) in [6.07, 6.45) is 11.7. The molecule has 150 valence electrons. The molecule has 1 aromatic carbocycles. The van der Waals surface area contributed by atoms with Gasteiger partial charge in [-0.25, -0.2) is 4.98 Å². The van der Waals surface area contributed by atoms with Gasteiger partial charge < -0.3 is 10.1 Å². The maximum atomic E-state index is 10.1. The van der Waals surface area contributed by atoms with E-state index in [1.165, 1.54) is 24.8 Å². The Morgan fingerprint density at radius 1 is 1.11 bits per heavy atom. The van der Waals surface area contributed by atoms with Crippen molar-refractivity contribution < 1.29 is 5.11 Å². The highest BCUT2D eigenvalue weighted by Gasteiger charge is 2.44. The van der Waals surface area contributed by atoms with E-state index < -0.39 is 0 Å². The van der Waals surface area contributed by atoms with Crippen LogP contribution < -0.4 is 0 Å². The van der Waals surface area contributed by atoms with Crippen LogP contribution in [-0.2, 0) is 6.54 Å². The lowest BCUT2D eigenvalue weighted by atomic mass is 9.64. The predicted octanol–water partition coefficient (Wildman–Crippen LogP) is 3.02. The molecule has 1 aromatic heterocycles. The number of piperidine rings is 2. The molecule has 2 N–H and O–H groups in total. The van der Waals surface area contributed by atoms with Crippen molar-refractivity contribution in [1.29, 1.82) is 0 Å². The number of H-pyrrole nitrogens is 1. The lowest BCUT2D eigenvalue weighted by Crippen LogP contribution is -2.53. The summed E-state index contributed by atoms with van der Waals surface area (Å²) in [7, 11) is 0. The minimum Gasteiger partial charge on any atom is -0.396 e. The standard InChI is InChI=1S/C23H32N4O/c28-19-21-17-26(13-4-7-20-5-2-1-3-6-20)14-8-23(21)9-15-27(16-10-23)18-22-24-11-12-25-22/h1-7,11-12,21,28H,8-10,13-19H2,(H,24,25)/b7-4+. The van der Waals surface area contributed by atoms with Crippen molar-refractivity contribution in [2.75, 3.05) is 39.3 Å². The van der Waals surface area contributed by atoms with Gasteiger partial charge in [0.25, 0.3) is 0 Å². The molecular weight excluding hydrogens is 348 g/mol. The molecule has 0 aliphatic carbocycles. The van der Waals surface area contributed by atoms with Gasteiger partial charge in [-0.15, -0.1) is 0 Å². The van der Waals surface area contributed by atoms with Crippen molar-refractivity contribution >= 4 is 6.08 Å². The van der Waals surface area contributed by atoms with Gasteiger partial charge in [0.15, 0.2) is 0 Å². The molecule has 3 heterocycles. The van der Waals surface area contributed by atoms with Crippen LogP contribution in [0.2, 0.25) is 0 Å². The Labute approximate surface area is 168 Å². The second-order valence-corrected chi connectivity index (χ2v) is 8.38. The first-order valence-electron chi connectivity index (χ1n) is 10.5. The molecule has 1 atom stereocenters. The number of nitrogens with one attached hydrogen (secondary N) is 1. The number of aliphatic hydroxyl groups excluding tert-OH is 1. The van der Waals surface area contributed by atoms with Crippen LogP contribution in [0, 0.1) is 11.3 Å². The molecule has 2 aliphatic rings. The summed E-state index contributed by atoms with van der Waals surface area (Å²) in [6, 6.07) is 10.5. The zero-order chi connectivity index (χ0) is 19.2. The number of nitrogens with zero attached hydrogens (tertiary/aromatic N) is 3. The Balaban J connectivity index is 1.29. The number of benzene rings is 1. The second-order valence-electron chi connectivity index (χ2n) is 8.38. The maximum Gasteiger partial charge on any atom is 0.120 e. The average molecular weight is 381 g/mol. The lowest BCUT2D eigenvalue weighted by Gasteiger charge is -2.51. The average Bonchev–Trinajstić information content (AvgIpc) is 3.25. The van der Waals surface area contributed by atoms with Gasteiger partial charge in [0, 0.05) is 38.0 Å². The van der Waals surface area contributed by atoms with Crippen molar-refractivity contribution in [3.8, 4) is 0 Å². The van der Waals surface area contributed by atoms with Crippen LogP contribution >= 0.6 is 0 Å². The molecule has 2 fully saturated rings. The molecule has 2 aromatic rings. The van der Waals surface area contributed by atoms with E-state index in [0.717, 1.165) is 45.1 Å². The summed E-state index contributed by atoms with van der Waals surface area (Å²) in [6.45, 7) is 6.52. The Bertz CT molecular complexity index is 735. The zero-order valence-corrected chi connectivity index (χ0v) is 16.6. The highest BCUT2D eigenvalue weighted by atomic mass is 16.3. The fourth-order valence-electron chi connectivity index (χ4n) is 4.91. The summed E-state index contributed by atoms with van der Waals surface area (Å²) < 4.78 is 0. The first kappa shape index (κ1) is 19.4. The molecule has 5 nitrogen and oxygen atoms in total. The highest BCUT2D eigenvalue weighted by Crippen LogP contribution is 2.45. The van der Waals surface area contributed by atoms with E-state index >= 15 is 0 Å². The number of hydrogen-bond acceptors (Lipinski definition) is 4. The normalized spacial score (nSPS) is 23.5. The molecule has 1 spiro atoms. The molecule has 0 amide bonds. The largest absolute Gasteiger partial charge is 0.396 e. The fourth-order valence-corrected chi connectivity index (χ4v) is 4.91. The number of likely N-dealkylation sites (tertiary alicyclic amines) is 2. The summed E-state index contributed by atoms with van der Waals surface area (Å²) >= 11 is 0. The van der Waals surface area contributed by atoms with E-state index in [1.807, 2.05) is 18.5 Å². The van der Waals surface area contributed by atoms with Crippen LogP contribution in [-0.4, -0.2) is 64.2 Å². The van der Waals surface area contributed by atoms with E-state index in [0.29, 0.717) is 17.9 Å². The molecule has 2 saturated heterocycles. The van der Waals surface area contributed by atoms with E-state index in [9.17, 15) is 5.11 Å². The van der Waals surface area contributed by atoms with E-state index in [1.54, 1.807) is 0 Å². The van der Waals surface area contributed by atoms with Crippen molar-refractivity contribution in [2.45, 2.75) is 25.8 Å². The molecule has 1 unspecified atom stereocenters. The SMILES string of the molecule is OCC1CN(C/C=C/c2ccccc2)CCC12CCN(Cc1ncc[nH]1)CC2. The minimum atomic E-state index is 0.303. The van der Waals surface area contributed by atoms with E-state index in [2.05, 4.69) is 56.2 Å². The number of imidazole rings is 1. The quantitative estimate of drug-likeness (QED) is 0.809. The van der Waals surface area contributed by atoms with Crippen molar-refractivity contribution in [3.05, 3.63) is 60.2 Å². The fraction of sp³-hybridized carbons (Fsp3) is 0.522. The molecule has 4 rings (SSSR count). The summed E-state index contributed by atoms with van der Waals surface area (Å²) in [5.41, 5.74) is 1.56. The van der Waals surface area contributed by atoms with Gasteiger partial charge in [-0.3, -0.25) is 9.80 Å². The van der Waals surface area contributed by atoms with Gasteiger partial charge in [-0.1, -0.05) is 42.5 Å². The molecule has 0 bridgehead atoms. The van der Waals surface area contributed by atoms with E-state index in [-0.39, 0.29) is 0 Å². The van der Waals surface area contributed by atoms with Gasteiger partial charge in [0.1, 0.15) is 5.82 Å². The third-order valence-corrected chi connectivity index (χ3v) is 6.74. The lowest BCUT2D eigenvalue weighted by molar-refractivity contribution is -0.0404. The van der Waals surface area contributed by atoms with Gasteiger partial charge in [0.2, 0.25) is 0 Å². The first-order valence-corrected chi connectivity index (χ1v) is 10.5. The summed E-state index contributed by atoms with van der Waals surface area (Å²) in [5.74, 6) is 1.44. The third-order valence-electron chi connectivity index (χ3n) is 6.74. The Kier molecular flexibility index (Phi) is 6.25. The van der Waals surface area contributed by atoms with Crippen LogP contribution in [0.1, 0.15) is 30.7 Å². The van der Waals surface area contributed by atoms with Crippen LogP contribution in [0.4, 0.5) is 0 Å². The topological polar surface area (TPSA) is 55.4 Å². The van der Waals surface area contributed by atoms with Crippen LogP contribution in [0.5, 0.6) is 0 Å². The van der Waals surface area contributed by atoms with Gasteiger partial charge in [-0.2, -0.15) is 0 Å². The van der Waals surface area contributed by atoms with Gasteiger partial charge >= 0.3 is 0 Å². The maximum absolute atomic E-state index is 10.1. The summed E-state index contributed by atoms with van der Waals surface area (Å²) in [5, 5.41) is 10.1. The van der Waals surface area contributed by atoms with Crippen LogP contribution in [0.15, 0.2) is 48.8 Å². The Morgan fingerprint density at radius 2 is 1.86 bits per heavy atom. The smallest absolute Gasteiger partial charge is 0.120 e. The van der Waals surface area contributed by atoms with Gasteiger partial charge in [-0.05, 0) is 49.9 Å². The van der Waals surface area contributed by atoms with Crippen molar-refractivity contribution in [2.24, 2.45) is 11.3 Å². The predicted molar refractivity (Wildman–Crippen MR) is 113 cm³/mol. The third kappa shape index (κ3) is 4.54. The number of rotatable bonds is 6. The number of aliphatic hydroxyl groups is 1. The van der Waals surface area contributed by atoms with Crippen molar-refractivity contribution in [1.82, 2.24) is 19.8 Å². The number of aromatic amines is 1.